The van der Waals surface area contributed by atoms with Gasteiger partial charge in [-0.3, -0.25) is 9.69 Å². The molecule has 2 rings (SSSR count). The fraction of sp³-hybridized carbons (Fsp3) is 0.923. The Balaban J connectivity index is 1.86. The van der Waals surface area contributed by atoms with Gasteiger partial charge in [0, 0.05) is 31.7 Å². The first kappa shape index (κ1) is 13.0. The number of likely N-dealkylation sites (N-methyl/N-ethyl adjacent to an activating group) is 1. The number of nitrogens with zero attached hydrogens (tertiary/aromatic N) is 2. The van der Waals surface area contributed by atoms with Crippen LogP contribution in [0.5, 0.6) is 0 Å². The van der Waals surface area contributed by atoms with Crippen molar-refractivity contribution < 1.29 is 9.53 Å². The molecule has 98 valence electrons. The topological polar surface area (TPSA) is 32.8 Å². The smallest absolute Gasteiger partial charge is 0.152 e. The Morgan fingerprint density at radius 2 is 2.24 bits per heavy atom. The highest BCUT2D eigenvalue weighted by atomic mass is 16.5. The lowest BCUT2D eigenvalue weighted by Gasteiger charge is -2.27. The summed E-state index contributed by atoms with van der Waals surface area (Å²) in [5.41, 5.74) is 0. The Morgan fingerprint density at radius 3 is 2.94 bits per heavy atom. The SMILES string of the molecule is CC1CN(C)CCCN1CC(=O)C1CCOC1. The van der Waals surface area contributed by atoms with Crippen molar-refractivity contribution in [1.82, 2.24) is 9.80 Å². The van der Waals surface area contributed by atoms with Crippen molar-refractivity contribution in [3.8, 4) is 0 Å². The molecule has 0 aliphatic carbocycles. The van der Waals surface area contributed by atoms with Crippen molar-refractivity contribution in [2.75, 3.05) is 46.4 Å². The molecule has 0 amide bonds. The van der Waals surface area contributed by atoms with E-state index in [-0.39, 0.29) is 5.92 Å². The molecule has 0 aromatic carbocycles. The number of carbonyl (C=O) groups is 1. The highest BCUT2D eigenvalue weighted by Gasteiger charge is 2.27. The van der Waals surface area contributed by atoms with Crippen LogP contribution in [0, 0.1) is 5.92 Å². The lowest BCUT2D eigenvalue weighted by Crippen LogP contribution is -2.42. The number of rotatable bonds is 3. The largest absolute Gasteiger partial charge is 0.381 e. The fourth-order valence-electron chi connectivity index (χ4n) is 2.77. The summed E-state index contributed by atoms with van der Waals surface area (Å²) < 4.78 is 5.29. The zero-order valence-corrected chi connectivity index (χ0v) is 11.0. The predicted molar refractivity (Wildman–Crippen MR) is 67.1 cm³/mol. The van der Waals surface area contributed by atoms with Gasteiger partial charge in [-0.05, 0) is 33.4 Å². The zero-order chi connectivity index (χ0) is 12.3. The number of hydrogen-bond acceptors (Lipinski definition) is 4. The van der Waals surface area contributed by atoms with Crippen molar-refractivity contribution in [2.45, 2.75) is 25.8 Å². The van der Waals surface area contributed by atoms with Crippen LogP contribution < -0.4 is 0 Å². The molecule has 2 aliphatic heterocycles. The van der Waals surface area contributed by atoms with Crippen LogP contribution in [0.3, 0.4) is 0 Å². The van der Waals surface area contributed by atoms with E-state index < -0.39 is 0 Å². The second-order valence-electron chi connectivity index (χ2n) is 5.46. The van der Waals surface area contributed by atoms with Gasteiger partial charge in [-0.15, -0.1) is 0 Å². The van der Waals surface area contributed by atoms with E-state index in [1.807, 2.05) is 0 Å². The standard InChI is InChI=1S/C13H24N2O2/c1-11-8-14(2)5-3-6-15(11)9-13(16)12-4-7-17-10-12/h11-12H,3-10H2,1-2H3. The van der Waals surface area contributed by atoms with E-state index in [9.17, 15) is 4.79 Å². The monoisotopic (exact) mass is 240 g/mol. The van der Waals surface area contributed by atoms with Gasteiger partial charge in [-0.2, -0.15) is 0 Å². The summed E-state index contributed by atoms with van der Waals surface area (Å²) in [4.78, 5) is 16.8. The molecule has 0 N–H and O–H groups in total. The van der Waals surface area contributed by atoms with Crippen LogP contribution >= 0.6 is 0 Å². The Morgan fingerprint density at radius 1 is 1.41 bits per heavy atom. The molecule has 0 spiro atoms. The summed E-state index contributed by atoms with van der Waals surface area (Å²) in [5.74, 6) is 0.530. The molecule has 0 radical (unpaired) electrons. The normalized spacial score (nSPS) is 32.6. The molecule has 2 atom stereocenters. The highest BCUT2D eigenvalue weighted by Crippen LogP contribution is 2.16. The third kappa shape index (κ3) is 3.50. The summed E-state index contributed by atoms with van der Waals surface area (Å²) in [6.07, 6.45) is 2.08. The van der Waals surface area contributed by atoms with Crippen molar-refractivity contribution >= 4 is 5.78 Å². The number of Topliss-reactive ketones (excluding diaryl/α,β-unsaturated/α-hetero) is 1. The molecule has 0 bridgehead atoms. The molecule has 2 saturated heterocycles. The van der Waals surface area contributed by atoms with Crippen LogP contribution in [0.15, 0.2) is 0 Å². The minimum absolute atomic E-state index is 0.156. The molecular formula is C13H24N2O2. The number of ketones is 1. The first-order chi connectivity index (χ1) is 8.16. The Labute approximate surface area is 104 Å². The van der Waals surface area contributed by atoms with E-state index in [1.54, 1.807) is 0 Å². The van der Waals surface area contributed by atoms with Crippen molar-refractivity contribution in [3.63, 3.8) is 0 Å². The van der Waals surface area contributed by atoms with Gasteiger partial charge in [0.05, 0.1) is 13.2 Å². The molecule has 17 heavy (non-hydrogen) atoms. The fourth-order valence-corrected chi connectivity index (χ4v) is 2.77. The van der Waals surface area contributed by atoms with Crippen LogP contribution in [0.25, 0.3) is 0 Å². The van der Waals surface area contributed by atoms with Gasteiger partial charge in [0.1, 0.15) is 0 Å². The average Bonchev–Trinajstić information content (AvgIpc) is 2.75. The second kappa shape index (κ2) is 5.94. The van der Waals surface area contributed by atoms with Gasteiger partial charge in [-0.1, -0.05) is 0 Å². The van der Waals surface area contributed by atoms with Crippen LogP contribution in [0.4, 0.5) is 0 Å². The molecule has 2 heterocycles. The molecule has 0 saturated carbocycles. The van der Waals surface area contributed by atoms with Gasteiger partial charge in [-0.25, -0.2) is 0 Å². The maximum Gasteiger partial charge on any atom is 0.152 e. The van der Waals surface area contributed by atoms with Gasteiger partial charge in [0.25, 0.3) is 0 Å². The van der Waals surface area contributed by atoms with Crippen LogP contribution in [-0.4, -0.2) is 68.1 Å². The van der Waals surface area contributed by atoms with Gasteiger partial charge >= 0.3 is 0 Å². The molecule has 4 nitrogen and oxygen atoms in total. The van der Waals surface area contributed by atoms with Gasteiger partial charge in [0.15, 0.2) is 5.78 Å². The lowest BCUT2D eigenvalue weighted by molar-refractivity contribution is -0.124. The Hall–Kier alpha value is -0.450. The van der Waals surface area contributed by atoms with E-state index in [0.29, 0.717) is 25.0 Å². The van der Waals surface area contributed by atoms with Crippen molar-refractivity contribution in [2.24, 2.45) is 5.92 Å². The molecule has 0 aromatic heterocycles. The molecule has 2 unspecified atom stereocenters. The quantitative estimate of drug-likeness (QED) is 0.724. The second-order valence-corrected chi connectivity index (χ2v) is 5.46. The zero-order valence-electron chi connectivity index (χ0n) is 11.0. The average molecular weight is 240 g/mol. The third-order valence-electron chi connectivity index (χ3n) is 3.93. The molecular weight excluding hydrogens is 216 g/mol. The van der Waals surface area contributed by atoms with E-state index in [1.165, 1.54) is 0 Å². The Kier molecular flexibility index (Phi) is 4.54. The maximum atomic E-state index is 12.1. The van der Waals surface area contributed by atoms with E-state index in [2.05, 4.69) is 23.8 Å². The lowest BCUT2D eigenvalue weighted by atomic mass is 10.0. The number of hydrogen-bond donors (Lipinski definition) is 0. The van der Waals surface area contributed by atoms with Crippen LogP contribution in [0.1, 0.15) is 19.8 Å². The third-order valence-corrected chi connectivity index (χ3v) is 3.93. The minimum atomic E-state index is 0.156. The molecule has 2 fully saturated rings. The summed E-state index contributed by atoms with van der Waals surface area (Å²) in [6.45, 7) is 7.49. The van der Waals surface area contributed by atoms with Gasteiger partial charge in [0.2, 0.25) is 0 Å². The summed E-state index contributed by atoms with van der Waals surface area (Å²) in [5, 5.41) is 0. The van der Waals surface area contributed by atoms with Crippen molar-refractivity contribution in [3.05, 3.63) is 0 Å². The minimum Gasteiger partial charge on any atom is -0.381 e. The van der Waals surface area contributed by atoms with Crippen LogP contribution in [0.2, 0.25) is 0 Å². The van der Waals surface area contributed by atoms with E-state index >= 15 is 0 Å². The number of carbonyl (C=O) groups excluding carboxylic acids is 1. The molecule has 4 heteroatoms. The summed E-state index contributed by atoms with van der Waals surface area (Å²) in [6, 6.07) is 0.480. The van der Waals surface area contributed by atoms with E-state index in [4.69, 9.17) is 4.74 Å². The predicted octanol–water partition coefficient (Wildman–Crippen LogP) is 0.618. The first-order valence-corrected chi connectivity index (χ1v) is 6.70. The summed E-state index contributed by atoms with van der Waals surface area (Å²) in [7, 11) is 2.16. The maximum absolute atomic E-state index is 12.1. The van der Waals surface area contributed by atoms with E-state index in [0.717, 1.165) is 39.1 Å². The van der Waals surface area contributed by atoms with Gasteiger partial charge < -0.3 is 9.64 Å². The molecule has 0 aromatic rings. The molecule has 2 aliphatic rings. The van der Waals surface area contributed by atoms with Crippen molar-refractivity contribution in [1.29, 1.82) is 0 Å². The highest BCUT2D eigenvalue weighted by molar-refractivity contribution is 5.83. The Bertz CT molecular complexity index is 264. The summed E-state index contributed by atoms with van der Waals surface area (Å²) >= 11 is 0. The first-order valence-electron chi connectivity index (χ1n) is 6.70. The van der Waals surface area contributed by atoms with Crippen LogP contribution in [-0.2, 0) is 9.53 Å². The number of ether oxygens (including phenoxy) is 1.